The Morgan fingerprint density at radius 2 is 1.68 bits per heavy atom. The van der Waals surface area contributed by atoms with E-state index in [9.17, 15) is 26.8 Å². The van der Waals surface area contributed by atoms with Gasteiger partial charge in [-0.2, -0.15) is 0 Å². The van der Waals surface area contributed by atoms with Crippen LogP contribution in [0.15, 0.2) is 42.5 Å². The van der Waals surface area contributed by atoms with Gasteiger partial charge in [0.25, 0.3) is 0 Å². The van der Waals surface area contributed by atoms with E-state index in [1.165, 1.54) is 11.0 Å². The summed E-state index contributed by atoms with van der Waals surface area (Å²) in [5.41, 5.74) is 0.752. The summed E-state index contributed by atoms with van der Waals surface area (Å²) >= 11 is 0. The highest BCUT2D eigenvalue weighted by Crippen LogP contribution is 2.22. The molecule has 0 bridgehead atoms. The number of hydrogen-bond acceptors (Lipinski definition) is 5. The van der Waals surface area contributed by atoms with Crippen LogP contribution in [0.1, 0.15) is 39.2 Å². The van der Waals surface area contributed by atoms with Crippen LogP contribution in [-0.4, -0.2) is 57.6 Å². The molecule has 0 fully saturated rings. The summed E-state index contributed by atoms with van der Waals surface area (Å²) in [5, 5.41) is 2.84. The summed E-state index contributed by atoms with van der Waals surface area (Å²) in [5.74, 6) is -2.01. The zero-order valence-electron chi connectivity index (χ0n) is 21.8. The van der Waals surface area contributed by atoms with Crippen LogP contribution in [0.4, 0.5) is 14.5 Å². The van der Waals surface area contributed by atoms with E-state index in [-0.39, 0.29) is 49.4 Å². The summed E-state index contributed by atoms with van der Waals surface area (Å²) < 4.78 is 57.8. The maximum atomic E-state index is 13.7. The molecule has 0 radical (unpaired) electrons. The topological polar surface area (TPSA) is 96.0 Å². The van der Waals surface area contributed by atoms with Crippen molar-refractivity contribution in [3.8, 4) is 5.75 Å². The van der Waals surface area contributed by atoms with E-state index in [0.29, 0.717) is 12.3 Å². The van der Waals surface area contributed by atoms with Crippen LogP contribution in [0.3, 0.4) is 0 Å². The fourth-order valence-corrected chi connectivity index (χ4v) is 4.56. The summed E-state index contributed by atoms with van der Waals surface area (Å²) in [7, 11) is -2.28. The standard InChI is InChI=1S/C26H35F2N3O5S/c1-18(2)16-29-26(33)19(3)30(17-20-8-11-22(36-4)12-9-20)25(32)7-6-14-31(37(5,34)35)21-10-13-23(27)24(28)15-21/h8-13,15,18-19H,6-7,14,16-17H2,1-5H3,(H,29,33). The van der Waals surface area contributed by atoms with Gasteiger partial charge in [0.2, 0.25) is 21.8 Å². The Kier molecular flexibility index (Phi) is 10.8. The van der Waals surface area contributed by atoms with E-state index in [2.05, 4.69) is 5.32 Å². The van der Waals surface area contributed by atoms with E-state index < -0.39 is 27.7 Å². The molecule has 1 N–H and O–H groups in total. The third-order valence-electron chi connectivity index (χ3n) is 5.71. The van der Waals surface area contributed by atoms with Crippen molar-refractivity contribution >= 4 is 27.5 Å². The number of methoxy groups -OCH3 is 1. The lowest BCUT2D eigenvalue weighted by Gasteiger charge is -2.29. The second-order valence-electron chi connectivity index (χ2n) is 9.22. The number of benzene rings is 2. The van der Waals surface area contributed by atoms with Gasteiger partial charge in [-0.3, -0.25) is 13.9 Å². The van der Waals surface area contributed by atoms with Crippen LogP contribution in [0.5, 0.6) is 5.75 Å². The molecule has 0 spiro atoms. The largest absolute Gasteiger partial charge is 0.497 e. The number of carbonyl (C=O) groups is 2. The first-order valence-corrected chi connectivity index (χ1v) is 13.8. The predicted molar refractivity (Wildman–Crippen MR) is 139 cm³/mol. The Balaban J connectivity index is 2.18. The molecule has 8 nitrogen and oxygen atoms in total. The van der Waals surface area contributed by atoms with Crippen LogP contribution in [0.2, 0.25) is 0 Å². The fourth-order valence-electron chi connectivity index (χ4n) is 3.61. The van der Waals surface area contributed by atoms with Gasteiger partial charge >= 0.3 is 0 Å². The SMILES string of the molecule is COc1ccc(CN(C(=O)CCCN(c2ccc(F)c(F)c2)S(C)(=O)=O)C(C)C(=O)NCC(C)C)cc1. The van der Waals surface area contributed by atoms with E-state index in [4.69, 9.17) is 4.74 Å². The minimum atomic E-state index is -3.82. The van der Waals surface area contributed by atoms with Gasteiger partial charge in [-0.15, -0.1) is 0 Å². The van der Waals surface area contributed by atoms with Crippen molar-refractivity contribution in [1.82, 2.24) is 10.2 Å². The Hall–Kier alpha value is -3.21. The quantitative estimate of drug-likeness (QED) is 0.419. The number of hydrogen-bond donors (Lipinski definition) is 1. The van der Waals surface area contributed by atoms with Crippen LogP contribution in [-0.2, 0) is 26.2 Å². The van der Waals surface area contributed by atoms with Gasteiger partial charge < -0.3 is 15.0 Å². The minimum Gasteiger partial charge on any atom is -0.497 e. The van der Waals surface area contributed by atoms with Gasteiger partial charge in [-0.1, -0.05) is 26.0 Å². The number of ether oxygens (including phenoxy) is 1. The molecular weight excluding hydrogens is 504 g/mol. The number of nitrogens with zero attached hydrogens (tertiary/aromatic N) is 2. The van der Waals surface area contributed by atoms with Crippen LogP contribution >= 0.6 is 0 Å². The Bertz CT molecular complexity index is 1170. The first-order valence-electron chi connectivity index (χ1n) is 12.0. The van der Waals surface area contributed by atoms with Crippen molar-refractivity contribution in [2.24, 2.45) is 5.92 Å². The van der Waals surface area contributed by atoms with E-state index in [1.807, 2.05) is 13.8 Å². The molecule has 37 heavy (non-hydrogen) atoms. The van der Waals surface area contributed by atoms with Gasteiger partial charge in [-0.05, 0) is 49.1 Å². The Labute approximate surface area is 217 Å². The maximum Gasteiger partial charge on any atom is 0.242 e. The van der Waals surface area contributed by atoms with E-state index in [0.717, 1.165) is 28.3 Å². The highest BCUT2D eigenvalue weighted by molar-refractivity contribution is 7.92. The molecule has 0 saturated heterocycles. The molecule has 0 aromatic heterocycles. The lowest BCUT2D eigenvalue weighted by molar-refractivity contribution is -0.140. The molecule has 11 heteroatoms. The third kappa shape index (κ3) is 8.99. The van der Waals surface area contributed by atoms with Crippen molar-refractivity contribution in [3.63, 3.8) is 0 Å². The van der Waals surface area contributed by atoms with Crippen molar-refractivity contribution in [2.45, 2.75) is 46.2 Å². The molecule has 2 rings (SSSR count). The highest BCUT2D eigenvalue weighted by atomic mass is 32.2. The monoisotopic (exact) mass is 539 g/mol. The first-order chi connectivity index (χ1) is 17.3. The average molecular weight is 540 g/mol. The number of rotatable bonds is 13. The van der Waals surface area contributed by atoms with Gasteiger partial charge in [0.1, 0.15) is 11.8 Å². The highest BCUT2D eigenvalue weighted by Gasteiger charge is 2.27. The van der Waals surface area contributed by atoms with Crippen LogP contribution in [0.25, 0.3) is 0 Å². The zero-order valence-corrected chi connectivity index (χ0v) is 22.6. The first kappa shape index (κ1) is 30.0. The van der Waals surface area contributed by atoms with E-state index >= 15 is 0 Å². The molecule has 1 unspecified atom stereocenters. The summed E-state index contributed by atoms with van der Waals surface area (Å²) in [6, 6.07) is 9.15. The Morgan fingerprint density at radius 1 is 1.03 bits per heavy atom. The smallest absolute Gasteiger partial charge is 0.242 e. The molecule has 0 heterocycles. The third-order valence-corrected chi connectivity index (χ3v) is 6.90. The molecular formula is C26H35F2N3O5S. The fraction of sp³-hybridized carbons (Fsp3) is 0.462. The average Bonchev–Trinajstić information content (AvgIpc) is 2.84. The number of amides is 2. The molecule has 204 valence electrons. The molecule has 1 atom stereocenters. The lowest BCUT2D eigenvalue weighted by atomic mass is 10.1. The molecule has 0 aliphatic rings. The van der Waals surface area contributed by atoms with Crippen molar-refractivity contribution < 1.29 is 31.5 Å². The van der Waals surface area contributed by atoms with Crippen LogP contribution < -0.4 is 14.4 Å². The van der Waals surface area contributed by atoms with Gasteiger partial charge in [0, 0.05) is 32.1 Å². The second-order valence-corrected chi connectivity index (χ2v) is 11.1. The lowest BCUT2D eigenvalue weighted by Crippen LogP contribution is -2.48. The minimum absolute atomic E-state index is 0.0367. The zero-order chi connectivity index (χ0) is 27.8. The molecule has 2 aromatic rings. The second kappa shape index (κ2) is 13.4. The van der Waals surface area contributed by atoms with Gasteiger partial charge in [0.05, 0.1) is 19.1 Å². The number of nitrogens with one attached hydrogen (secondary N) is 1. The van der Waals surface area contributed by atoms with Gasteiger partial charge in [0.15, 0.2) is 11.6 Å². The normalized spacial score (nSPS) is 12.2. The number of halogens is 2. The summed E-state index contributed by atoms with van der Waals surface area (Å²) in [6.45, 7) is 6.07. The number of anilines is 1. The number of carbonyl (C=O) groups excluding carboxylic acids is 2. The molecule has 0 saturated carbocycles. The van der Waals surface area contributed by atoms with Crippen LogP contribution in [0, 0.1) is 17.6 Å². The summed E-state index contributed by atoms with van der Waals surface area (Å²) in [6.07, 6.45) is 0.991. The molecule has 0 aliphatic carbocycles. The number of sulfonamides is 1. The predicted octanol–water partition coefficient (Wildman–Crippen LogP) is 3.71. The van der Waals surface area contributed by atoms with Crippen molar-refractivity contribution in [1.29, 1.82) is 0 Å². The molecule has 0 aliphatic heterocycles. The Morgan fingerprint density at radius 3 is 2.22 bits per heavy atom. The van der Waals surface area contributed by atoms with E-state index in [1.54, 1.807) is 38.3 Å². The molecule has 2 aromatic carbocycles. The van der Waals surface area contributed by atoms with Crippen molar-refractivity contribution in [3.05, 3.63) is 59.7 Å². The summed E-state index contributed by atoms with van der Waals surface area (Å²) in [4.78, 5) is 27.5. The van der Waals surface area contributed by atoms with Crippen molar-refractivity contribution in [2.75, 3.05) is 30.8 Å². The van der Waals surface area contributed by atoms with Gasteiger partial charge in [-0.25, -0.2) is 17.2 Å². The molecule has 2 amide bonds. The maximum absolute atomic E-state index is 13.7.